The van der Waals surface area contributed by atoms with Crippen LogP contribution in [0.4, 0.5) is 0 Å². The first-order valence-electron chi connectivity index (χ1n) is 9.11. The van der Waals surface area contributed by atoms with E-state index >= 15 is 0 Å². The molecule has 0 saturated heterocycles. The molecule has 138 valence electrons. The van der Waals surface area contributed by atoms with E-state index in [-0.39, 0.29) is 11.9 Å². The minimum Gasteiger partial charge on any atom is -0.490 e. The summed E-state index contributed by atoms with van der Waals surface area (Å²) in [6.07, 6.45) is 1.76. The van der Waals surface area contributed by atoms with Gasteiger partial charge >= 0.3 is 0 Å². The molecular formula is C21H19NO3S2. The first-order valence-corrected chi connectivity index (χ1v) is 10.9. The van der Waals surface area contributed by atoms with E-state index < -0.39 is 0 Å². The van der Waals surface area contributed by atoms with Gasteiger partial charge in [-0.25, -0.2) is 0 Å². The van der Waals surface area contributed by atoms with Crippen LogP contribution in [-0.2, 0) is 6.42 Å². The van der Waals surface area contributed by atoms with Crippen molar-refractivity contribution in [2.45, 2.75) is 18.9 Å². The van der Waals surface area contributed by atoms with Crippen molar-refractivity contribution in [2.75, 3.05) is 19.8 Å². The highest BCUT2D eigenvalue weighted by Gasteiger charge is 2.34. The zero-order valence-electron chi connectivity index (χ0n) is 14.7. The van der Waals surface area contributed by atoms with Crippen molar-refractivity contribution in [3.8, 4) is 11.5 Å². The lowest BCUT2D eigenvalue weighted by Gasteiger charge is -2.35. The molecule has 4 nitrogen and oxygen atoms in total. The predicted octanol–water partition coefficient (Wildman–Crippen LogP) is 4.76. The molecule has 1 atom stereocenters. The van der Waals surface area contributed by atoms with E-state index in [1.54, 1.807) is 22.7 Å². The number of amides is 1. The van der Waals surface area contributed by atoms with Crippen LogP contribution in [0, 0.1) is 0 Å². The van der Waals surface area contributed by atoms with Crippen molar-refractivity contribution in [1.82, 2.24) is 4.90 Å². The highest BCUT2D eigenvalue weighted by Crippen LogP contribution is 2.40. The Bertz CT molecular complexity index is 964. The number of rotatable bonds is 2. The maximum absolute atomic E-state index is 13.4. The van der Waals surface area contributed by atoms with Crippen molar-refractivity contribution < 1.29 is 14.3 Å². The summed E-state index contributed by atoms with van der Waals surface area (Å²) in [5.74, 6) is 1.43. The fraction of sp³-hybridized carbons (Fsp3) is 0.286. The van der Waals surface area contributed by atoms with Crippen LogP contribution in [0.3, 0.4) is 0 Å². The predicted molar refractivity (Wildman–Crippen MR) is 107 cm³/mol. The van der Waals surface area contributed by atoms with Crippen LogP contribution in [0.1, 0.15) is 38.1 Å². The molecule has 0 saturated carbocycles. The molecule has 2 aliphatic rings. The highest BCUT2D eigenvalue weighted by atomic mass is 32.1. The van der Waals surface area contributed by atoms with Crippen molar-refractivity contribution >= 4 is 28.6 Å². The monoisotopic (exact) mass is 397 g/mol. The molecule has 0 spiro atoms. The summed E-state index contributed by atoms with van der Waals surface area (Å²) in [4.78, 5) is 18.0. The van der Waals surface area contributed by atoms with Crippen LogP contribution in [0.2, 0.25) is 0 Å². The molecule has 6 heteroatoms. The number of carbonyl (C=O) groups is 1. The highest BCUT2D eigenvalue weighted by molar-refractivity contribution is 7.10. The third-order valence-corrected chi connectivity index (χ3v) is 6.96. The first kappa shape index (κ1) is 16.8. The SMILES string of the molecule is O=C(c1ccc2c(c1)OCCCO2)N1CCc2sccc2C1c1cccs1. The molecular weight excluding hydrogens is 378 g/mol. The Kier molecular flexibility index (Phi) is 4.38. The van der Waals surface area contributed by atoms with E-state index in [1.807, 2.05) is 23.1 Å². The molecule has 0 radical (unpaired) electrons. The fourth-order valence-corrected chi connectivity index (χ4v) is 5.51. The second-order valence-electron chi connectivity index (χ2n) is 6.68. The van der Waals surface area contributed by atoms with Crippen molar-refractivity contribution in [1.29, 1.82) is 0 Å². The van der Waals surface area contributed by atoms with Gasteiger partial charge in [-0.1, -0.05) is 6.07 Å². The van der Waals surface area contributed by atoms with Crippen LogP contribution in [0.15, 0.2) is 47.2 Å². The van der Waals surface area contributed by atoms with E-state index in [2.05, 4.69) is 29.0 Å². The third-order valence-electron chi connectivity index (χ3n) is 5.03. The van der Waals surface area contributed by atoms with Crippen LogP contribution in [-0.4, -0.2) is 30.6 Å². The number of thiophene rings is 2. The van der Waals surface area contributed by atoms with Gasteiger partial charge in [0, 0.05) is 28.3 Å². The molecule has 0 bridgehead atoms. The van der Waals surface area contributed by atoms with E-state index in [1.165, 1.54) is 15.3 Å². The van der Waals surface area contributed by atoms with Crippen LogP contribution >= 0.6 is 22.7 Å². The normalized spacial score (nSPS) is 18.7. The molecule has 4 heterocycles. The summed E-state index contributed by atoms with van der Waals surface area (Å²) in [5.41, 5.74) is 1.91. The lowest BCUT2D eigenvalue weighted by Crippen LogP contribution is -2.39. The van der Waals surface area contributed by atoms with Crippen molar-refractivity contribution in [2.24, 2.45) is 0 Å². The summed E-state index contributed by atoms with van der Waals surface area (Å²) in [6, 6.07) is 11.9. The second-order valence-corrected chi connectivity index (χ2v) is 8.66. The van der Waals surface area contributed by atoms with E-state index in [0.29, 0.717) is 24.5 Å². The van der Waals surface area contributed by atoms with Gasteiger partial charge in [-0.3, -0.25) is 4.79 Å². The Hall–Kier alpha value is -2.31. The summed E-state index contributed by atoms with van der Waals surface area (Å²) in [5, 5.41) is 4.21. The molecule has 1 aromatic carbocycles. The van der Waals surface area contributed by atoms with Crippen LogP contribution < -0.4 is 9.47 Å². The lowest BCUT2D eigenvalue weighted by molar-refractivity contribution is 0.0698. The van der Waals surface area contributed by atoms with Gasteiger partial charge in [0.2, 0.25) is 0 Å². The second kappa shape index (κ2) is 7.02. The molecule has 0 N–H and O–H groups in total. The molecule has 1 amide bonds. The molecule has 27 heavy (non-hydrogen) atoms. The number of benzene rings is 1. The zero-order chi connectivity index (χ0) is 18.2. The Balaban J connectivity index is 1.51. The zero-order valence-corrected chi connectivity index (χ0v) is 16.4. The van der Waals surface area contributed by atoms with Gasteiger partial charge in [0.25, 0.3) is 5.91 Å². The van der Waals surface area contributed by atoms with E-state index in [0.717, 1.165) is 25.1 Å². The van der Waals surface area contributed by atoms with Gasteiger partial charge in [0.1, 0.15) is 0 Å². The van der Waals surface area contributed by atoms with Gasteiger partial charge in [-0.05, 0) is 53.1 Å². The van der Waals surface area contributed by atoms with Crippen LogP contribution in [0.5, 0.6) is 11.5 Å². The number of carbonyl (C=O) groups excluding carboxylic acids is 1. The number of hydrogen-bond acceptors (Lipinski definition) is 5. The topological polar surface area (TPSA) is 38.8 Å². The standard InChI is InChI=1S/C21H19NO3S2/c23-21(14-4-5-16-17(13-14)25-10-2-9-24-16)22-8-6-18-15(7-12-27-18)20(22)19-3-1-11-26-19/h1,3-5,7,11-13,20H,2,6,8-10H2. The Labute approximate surface area is 166 Å². The van der Waals surface area contributed by atoms with Gasteiger partial charge in [-0.15, -0.1) is 22.7 Å². The van der Waals surface area contributed by atoms with Gasteiger partial charge < -0.3 is 14.4 Å². The molecule has 3 aromatic rings. The summed E-state index contributed by atoms with van der Waals surface area (Å²) in [6.45, 7) is 1.99. The molecule has 2 aliphatic heterocycles. The third kappa shape index (κ3) is 3.03. The first-order chi connectivity index (χ1) is 13.3. The maximum Gasteiger partial charge on any atom is 0.254 e. The van der Waals surface area contributed by atoms with Gasteiger partial charge in [0.15, 0.2) is 11.5 Å². The van der Waals surface area contributed by atoms with E-state index in [4.69, 9.17) is 9.47 Å². The van der Waals surface area contributed by atoms with Gasteiger partial charge in [-0.2, -0.15) is 0 Å². The molecule has 2 aromatic heterocycles. The average molecular weight is 398 g/mol. The Morgan fingerprint density at radius 2 is 1.93 bits per heavy atom. The summed E-state index contributed by atoms with van der Waals surface area (Å²) >= 11 is 3.49. The lowest BCUT2D eigenvalue weighted by atomic mass is 9.97. The largest absolute Gasteiger partial charge is 0.490 e. The number of fused-ring (bicyclic) bond motifs is 2. The van der Waals surface area contributed by atoms with E-state index in [9.17, 15) is 4.79 Å². The summed E-state index contributed by atoms with van der Waals surface area (Å²) in [7, 11) is 0. The minimum absolute atomic E-state index is 0.0107. The van der Waals surface area contributed by atoms with Crippen molar-refractivity contribution in [3.63, 3.8) is 0 Å². The number of ether oxygens (including phenoxy) is 2. The molecule has 5 rings (SSSR count). The number of nitrogens with zero attached hydrogens (tertiary/aromatic N) is 1. The van der Waals surface area contributed by atoms with Crippen LogP contribution in [0.25, 0.3) is 0 Å². The minimum atomic E-state index is -0.0107. The fourth-order valence-electron chi connectivity index (χ4n) is 3.75. The van der Waals surface area contributed by atoms with Gasteiger partial charge in [0.05, 0.1) is 19.3 Å². The smallest absolute Gasteiger partial charge is 0.254 e. The number of hydrogen-bond donors (Lipinski definition) is 0. The molecule has 0 aliphatic carbocycles. The molecule has 0 fully saturated rings. The molecule has 1 unspecified atom stereocenters. The maximum atomic E-state index is 13.4. The van der Waals surface area contributed by atoms with Crippen molar-refractivity contribution in [3.05, 3.63) is 68.0 Å². The Morgan fingerprint density at radius 3 is 2.78 bits per heavy atom. The Morgan fingerprint density at radius 1 is 1.04 bits per heavy atom. The summed E-state index contributed by atoms with van der Waals surface area (Å²) < 4.78 is 11.5. The average Bonchev–Trinajstić information content (AvgIpc) is 3.34. The quantitative estimate of drug-likeness (QED) is 0.626.